The van der Waals surface area contributed by atoms with Gasteiger partial charge < -0.3 is 5.73 Å². The first-order chi connectivity index (χ1) is 9.51. The van der Waals surface area contributed by atoms with E-state index in [4.69, 9.17) is 5.73 Å². The number of hydrogen-bond acceptors (Lipinski definition) is 1. The number of aryl methyl sites for hydroxylation is 1. The predicted octanol–water partition coefficient (Wildman–Crippen LogP) is 3.45. The predicted molar refractivity (Wildman–Crippen MR) is 70.6 cm³/mol. The fraction of sp³-hybridized carbons (Fsp3) is 0.250. The van der Waals surface area contributed by atoms with Crippen LogP contribution in [0.2, 0.25) is 0 Å². The van der Waals surface area contributed by atoms with Gasteiger partial charge >= 0.3 is 0 Å². The molecular formula is C16H14F3N. The largest absolute Gasteiger partial charge is 0.321 e. The van der Waals surface area contributed by atoms with E-state index in [0.717, 1.165) is 11.6 Å². The van der Waals surface area contributed by atoms with E-state index >= 15 is 0 Å². The Labute approximate surface area is 115 Å². The molecule has 3 rings (SSSR count). The Morgan fingerprint density at radius 1 is 0.900 bits per heavy atom. The topological polar surface area (TPSA) is 26.0 Å². The summed E-state index contributed by atoms with van der Waals surface area (Å²) >= 11 is 0. The molecular weight excluding hydrogens is 263 g/mol. The molecule has 1 atom stereocenters. The molecule has 0 heterocycles. The summed E-state index contributed by atoms with van der Waals surface area (Å²) in [4.78, 5) is 0. The number of hydrogen-bond donors (Lipinski definition) is 1. The summed E-state index contributed by atoms with van der Waals surface area (Å²) in [6.45, 7) is 0. The Hall–Kier alpha value is -1.81. The molecule has 1 aliphatic carbocycles. The molecule has 0 radical (unpaired) electrons. The highest BCUT2D eigenvalue weighted by molar-refractivity contribution is 5.37. The van der Waals surface area contributed by atoms with Crippen LogP contribution in [0.4, 0.5) is 13.2 Å². The lowest BCUT2D eigenvalue weighted by Gasteiger charge is -2.35. The minimum Gasteiger partial charge on any atom is -0.321 e. The minimum absolute atomic E-state index is 0.0471. The Balaban J connectivity index is 2.05. The molecule has 2 aromatic rings. The summed E-state index contributed by atoms with van der Waals surface area (Å²) in [6.07, 6.45) is 1.63. The molecule has 2 aromatic carbocycles. The fourth-order valence-electron chi connectivity index (χ4n) is 2.90. The standard InChI is InChI=1S/C16H14F3N/c17-13-6-5-12(14(18)15(13)19)16(20)8-7-10-3-1-2-4-11(10)9-16/h1-6H,7-9,20H2. The molecule has 104 valence electrons. The van der Waals surface area contributed by atoms with Crippen LogP contribution < -0.4 is 5.73 Å². The third-order valence-electron chi connectivity index (χ3n) is 4.04. The molecule has 1 aliphatic rings. The van der Waals surface area contributed by atoms with E-state index in [1.54, 1.807) is 0 Å². The molecule has 0 fully saturated rings. The van der Waals surface area contributed by atoms with Crippen molar-refractivity contribution in [3.8, 4) is 0 Å². The first kappa shape index (κ1) is 13.2. The summed E-state index contributed by atoms with van der Waals surface area (Å²) in [5.41, 5.74) is 7.55. The van der Waals surface area contributed by atoms with Crippen molar-refractivity contribution in [1.82, 2.24) is 0 Å². The van der Waals surface area contributed by atoms with Crippen molar-refractivity contribution in [1.29, 1.82) is 0 Å². The molecule has 0 saturated carbocycles. The van der Waals surface area contributed by atoms with E-state index in [0.29, 0.717) is 19.3 Å². The second-order valence-electron chi connectivity index (χ2n) is 5.32. The molecule has 0 amide bonds. The van der Waals surface area contributed by atoms with Gasteiger partial charge in [-0.15, -0.1) is 0 Å². The van der Waals surface area contributed by atoms with Crippen molar-refractivity contribution in [3.05, 3.63) is 70.5 Å². The van der Waals surface area contributed by atoms with Crippen LogP contribution in [0.1, 0.15) is 23.1 Å². The van der Waals surface area contributed by atoms with E-state index < -0.39 is 23.0 Å². The average molecular weight is 277 g/mol. The molecule has 0 aromatic heterocycles. The molecule has 4 heteroatoms. The van der Waals surface area contributed by atoms with Crippen molar-refractivity contribution in [2.75, 3.05) is 0 Å². The third kappa shape index (κ3) is 2.00. The maximum absolute atomic E-state index is 14.0. The van der Waals surface area contributed by atoms with E-state index in [1.807, 2.05) is 24.3 Å². The number of halogens is 3. The summed E-state index contributed by atoms with van der Waals surface area (Å²) in [7, 11) is 0. The van der Waals surface area contributed by atoms with Gasteiger partial charge in [0.15, 0.2) is 17.5 Å². The molecule has 1 unspecified atom stereocenters. The van der Waals surface area contributed by atoms with Crippen molar-refractivity contribution in [2.24, 2.45) is 5.73 Å². The zero-order valence-electron chi connectivity index (χ0n) is 10.8. The summed E-state index contributed by atoms with van der Waals surface area (Å²) in [5, 5.41) is 0. The van der Waals surface area contributed by atoms with Gasteiger partial charge in [0.05, 0.1) is 0 Å². The summed E-state index contributed by atoms with van der Waals surface area (Å²) in [6, 6.07) is 9.97. The van der Waals surface area contributed by atoms with Gasteiger partial charge in [0, 0.05) is 11.1 Å². The second kappa shape index (κ2) is 4.63. The zero-order chi connectivity index (χ0) is 14.3. The van der Waals surface area contributed by atoms with Gasteiger partial charge in [-0.05, 0) is 36.5 Å². The van der Waals surface area contributed by atoms with Crippen LogP contribution in [0.15, 0.2) is 36.4 Å². The minimum atomic E-state index is -1.45. The Morgan fingerprint density at radius 3 is 2.35 bits per heavy atom. The first-order valence-corrected chi connectivity index (χ1v) is 6.51. The maximum atomic E-state index is 14.0. The van der Waals surface area contributed by atoms with E-state index in [-0.39, 0.29) is 5.56 Å². The highest BCUT2D eigenvalue weighted by Crippen LogP contribution is 2.36. The Kier molecular flexibility index (Phi) is 3.05. The van der Waals surface area contributed by atoms with Crippen LogP contribution in [0.25, 0.3) is 0 Å². The molecule has 0 bridgehead atoms. The van der Waals surface area contributed by atoms with Gasteiger partial charge in [-0.2, -0.15) is 0 Å². The van der Waals surface area contributed by atoms with Crippen LogP contribution in [-0.4, -0.2) is 0 Å². The van der Waals surface area contributed by atoms with Gasteiger partial charge in [-0.3, -0.25) is 0 Å². The van der Waals surface area contributed by atoms with E-state index in [1.165, 1.54) is 11.6 Å². The van der Waals surface area contributed by atoms with Crippen molar-refractivity contribution in [2.45, 2.75) is 24.8 Å². The van der Waals surface area contributed by atoms with E-state index in [2.05, 4.69) is 0 Å². The number of rotatable bonds is 1. The molecule has 2 N–H and O–H groups in total. The number of nitrogens with two attached hydrogens (primary N) is 1. The molecule has 0 aliphatic heterocycles. The Morgan fingerprint density at radius 2 is 1.60 bits per heavy atom. The second-order valence-corrected chi connectivity index (χ2v) is 5.32. The first-order valence-electron chi connectivity index (χ1n) is 6.51. The van der Waals surface area contributed by atoms with Crippen molar-refractivity contribution >= 4 is 0 Å². The normalized spacial score (nSPS) is 21.6. The van der Waals surface area contributed by atoms with Crippen LogP contribution in [0.5, 0.6) is 0 Å². The van der Waals surface area contributed by atoms with Gasteiger partial charge in [-0.1, -0.05) is 30.3 Å². The maximum Gasteiger partial charge on any atom is 0.194 e. The van der Waals surface area contributed by atoms with Crippen LogP contribution >= 0.6 is 0 Å². The molecule has 1 nitrogen and oxygen atoms in total. The van der Waals surface area contributed by atoms with Gasteiger partial charge in [0.25, 0.3) is 0 Å². The fourth-order valence-corrected chi connectivity index (χ4v) is 2.90. The highest BCUT2D eigenvalue weighted by Gasteiger charge is 2.35. The van der Waals surface area contributed by atoms with Crippen LogP contribution in [-0.2, 0) is 18.4 Å². The average Bonchev–Trinajstić information content (AvgIpc) is 2.44. The van der Waals surface area contributed by atoms with Gasteiger partial charge in [0.1, 0.15) is 0 Å². The van der Waals surface area contributed by atoms with E-state index in [9.17, 15) is 13.2 Å². The number of fused-ring (bicyclic) bond motifs is 1. The molecule has 20 heavy (non-hydrogen) atoms. The third-order valence-corrected chi connectivity index (χ3v) is 4.04. The lowest BCUT2D eigenvalue weighted by Crippen LogP contribution is -2.43. The highest BCUT2D eigenvalue weighted by atomic mass is 19.2. The monoisotopic (exact) mass is 277 g/mol. The quantitative estimate of drug-likeness (QED) is 0.794. The Bertz CT molecular complexity index is 669. The van der Waals surface area contributed by atoms with Crippen LogP contribution in [0.3, 0.4) is 0 Å². The smallest absolute Gasteiger partial charge is 0.194 e. The van der Waals surface area contributed by atoms with Gasteiger partial charge in [0.2, 0.25) is 0 Å². The SMILES string of the molecule is NC1(c2ccc(F)c(F)c2F)CCc2ccccc2C1. The molecule has 0 spiro atoms. The van der Waals surface area contributed by atoms with Crippen molar-refractivity contribution in [3.63, 3.8) is 0 Å². The lowest BCUT2D eigenvalue weighted by molar-refractivity contribution is 0.352. The lowest BCUT2D eigenvalue weighted by atomic mass is 9.74. The van der Waals surface area contributed by atoms with Gasteiger partial charge in [-0.25, -0.2) is 13.2 Å². The summed E-state index contributed by atoms with van der Waals surface area (Å²) in [5.74, 6) is -3.82. The summed E-state index contributed by atoms with van der Waals surface area (Å²) < 4.78 is 40.4. The van der Waals surface area contributed by atoms with Crippen molar-refractivity contribution < 1.29 is 13.2 Å². The number of benzene rings is 2. The zero-order valence-corrected chi connectivity index (χ0v) is 10.8. The van der Waals surface area contributed by atoms with Crippen LogP contribution in [0, 0.1) is 17.5 Å². The molecule has 0 saturated heterocycles.